The van der Waals surface area contributed by atoms with Crippen molar-refractivity contribution in [1.82, 2.24) is 0 Å². The molecule has 4 heteroatoms. The summed E-state index contributed by atoms with van der Waals surface area (Å²) in [5.41, 5.74) is 8.33. The molecule has 3 N–H and O–H groups in total. The van der Waals surface area contributed by atoms with E-state index >= 15 is 0 Å². The van der Waals surface area contributed by atoms with Gasteiger partial charge in [-0.25, -0.2) is 0 Å². The molecule has 0 saturated carbocycles. The number of fused-ring (bicyclic) bond motifs is 3. The van der Waals surface area contributed by atoms with E-state index in [4.69, 9.17) is 10.2 Å². The van der Waals surface area contributed by atoms with Crippen LogP contribution in [0.25, 0.3) is 11.0 Å². The highest BCUT2D eigenvalue weighted by Crippen LogP contribution is 2.32. The number of furan rings is 1. The molecule has 0 bridgehead atoms. The Morgan fingerprint density at radius 2 is 2.11 bits per heavy atom. The van der Waals surface area contributed by atoms with Crippen molar-refractivity contribution in [1.29, 1.82) is 0 Å². The maximum Gasteiger partial charge on any atom is 0.238 e. The number of amides is 1. The molecular weight excluding hydrogens is 240 g/mol. The first-order valence-electron chi connectivity index (χ1n) is 6.82. The van der Waals surface area contributed by atoms with Gasteiger partial charge in [0.05, 0.1) is 6.54 Å². The highest BCUT2D eigenvalue weighted by Gasteiger charge is 2.16. The number of hydrogen-bond acceptors (Lipinski definition) is 3. The number of carbonyl (C=O) groups excluding carboxylic acids is 1. The van der Waals surface area contributed by atoms with Crippen LogP contribution in [0.4, 0.5) is 5.69 Å². The largest absolute Gasteiger partial charge is 0.461 e. The highest BCUT2D eigenvalue weighted by molar-refractivity contribution is 5.95. The van der Waals surface area contributed by atoms with Crippen LogP contribution in [-0.4, -0.2) is 12.5 Å². The Labute approximate surface area is 112 Å². The second-order valence-corrected chi connectivity index (χ2v) is 5.03. The Kier molecular flexibility index (Phi) is 3.25. The molecule has 0 radical (unpaired) electrons. The number of rotatable bonds is 2. The maximum absolute atomic E-state index is 11.3. The molecular formula is C15H18N2O2. The van der Waals surface area contributed by atoms with Crippen molar-refractivity contribution in [2.75, 3.05) is 11.9 Å². The molecule has 0 unspecified atom stereocenters. The summed E-state index contributed by atoms with van der Waals surface area (Å²) >= 11 is 0. The van der Waals surface area contributed by atoms with Gasteiger partial charge >= 0.3 is 0 Å². The standard InChI is InChI=1S/C15H18N2O2/c16-9-15(18)17-10-6-7-14-12(8-10)11-4-2-1-3-5-13(11)19-14/h6-8H,1-5,9,16H2,(H,17,18). The lowest BCUT2D eigenvalue weighted by atomic mass is 10.1. The van der Waals surface area contributed by atoms with E-state index in [9.17, 15) is 4.79 Å². The topological polar surface area (TPSA) is 68.3 Å². The lowest BCUT2D eigenvalue weighted by Crippen LogP contribution is -2.21. The molecule has 100 valence electrons. The summed E-state index contributed by atoms with van der Waals surface area (Å²) in [6.07, 6.45) is 5.75. The fourth-order valence-electron chi connectivity index (χ4n) is 2.73. The van der Waals surface area contributed by atoms with E-state index in [1.807, 2.05) is 18.2 Å². The Balaban J connectivity index is 2.01. The smallest absolute Gasteiger partial charge is 0.238 e. The average molecular weight is 258 g/mol. The number of carbonyl (C=O) groups is 1. The first-order valence-corrected chi connectivity index (χ1v) is 6.82. The summed E-state index contributed by atoms with van der Waals surface area (Å²) in [6.45, 7) is 0.00152. The summed E-state index contributed by atoms with van der Waals surface area (Å²) in [4.78, 5) is 11.3. The van der Waals surface area contributed by atoms with Gasteiger partial charge in [0.2, 0.25) is 5.91 Å². The molecule has 1 aromatic heterocycles. The molecule has 0 fully saturated rings. The predicted octanol–water partition coefficient (Wildman–Crippen LogP) is 2.60. The van der Waals surface area contributed by atoms with Gasteiger partial charge in [-0.1, -0.05) is 6.42 Å². The van der Waals surface area contributed by atoms with Gasteiger partial charge in [0, 0.05) is 23.1 Å². The molecule has 0 aliphatic heterocycles. The van der Waals surface area contributed by atoms with Crippen LogP contribution in [0.5, 0.6) is 0 Å². The quantitative estimate of drug-likeness (QED) is 0.813. The summed E-state index contributed by atoms with van der Waals surface area (Å²) in [5.74, 6) is 0.948. The maximum atomic E-state index is 11.3. The number of benzene rings is 1. The number of nitrogens with two attached hydrogens (primary N) is 1. The molecule has 4 nitrogen and oxygen atoms in total. The Morgan fingerprint density at radius 3 is 2.95 bits per heavy atom. The zero-order valence-electron chi connectivity index (χ0n) is 10.9. The minimum atomic E-state index is -0.172. The Bertz CT molecular complexity index is 616. The van der Waals surface area contributed by atoms with E-state index in [2.05, 4.69) is 5.32 Å². The van der Waals surface area contributed by atoms with E-state index in [1.165, 1.54) is 24.8 Å². The SMILES string of the molecule is NCC(=O)Nc1ccc2oc3c(c2c1)CCCCC3. The van der Waals surface area contributed by atoms with Crippen LogP contribution in [-0.2, 0) is 17.6 Å². The first kappa shape index (κ1) is 12.2. The van der Waals surface area contributed by atoms with Crippen molar-refractivity contribution in [3.63, 3.8) is 0 Å². The molecule has 0 atom stereocenters. The van der Waals surface area contributed by atoms with Gasteiger partial charge in [-0.15, -0.1) is 0 Å². The van der Waals surface area contributed by atoms with Crippen molar-refractivity contribution in [2.45, 2.75) is 32.1 Å². The zero-order chi connectivity index (χ0) is 13.2. The molecule has 1 heterocycles. The zero-order valence-corrected chi connectivity index (χ0v) is 10.9. The van der Waals surface area contributed by atoms with Crippen LogP contribution >= 0.6 is 0 Å². The van der Waals surface area contributed by atoms with Crippen molar-refractivity contribution >= 4 is 22.6 Å². The fourth-order valence-corrected chi connectivity index (χ4v) is 2.73. The van der Waals surface area contributed by atoms with E-state index in [1.54, 1.807) is 0 Å². The van der Waals surface area contributed by atoms with Gasteiger partial charge < -0.3 is 15.5 Å². The van der Waals surface area contributed by atoms with Crippen LogP contribution in [0.2, 0.25) is 0 Å². The highest BCUT2D eigenvalue weighted by atomic mass is 16.3. The van der Waals surface area contributed by atoms with Crippen LogP contribution < -0.4 is 11.1 Å². The molecule has 0 saturated heterocycles. The second kappa shape index (κ2) is 5.05. The number of anilines is 1. The second-order valence-electron chi connectivity index (χ2n) is 5.03. The molecule has 1 aliphatic carbocycles. The molecule has 2 aromatic rings. The van der Waals surface area contributed by atoms with Crippen molar-refractivity contribution in [3.8, 4) is 0 Å². The van der Waals surface area contributed by atoms with E-state index < -0.39 is 0 Å². The third kappa shape index (κ3) is 2.36. The number of hydrogen-bond donors (Lipinski definition) is 2. The van der Waals surface area contributed by atoms with E-state index in [-0.39, 0.29) is 12.5 Å². The van der Waals surface area contributed by atoms with Gasteiger partial charge in [0.1, 0.15) is 11.3 Å². The van der Waals surface area contributed by atoms with Gasteiger partial charge in [-0.2, -0.15) is 0 Å². The third-order valence-corrected chi connectivity index (χ3v) is 3.67. The molecule has 19 heavy (non-hydrogen) atoms. The number of aryl methyl sites for hydroxylation is 2. The molecule has 0 spiro atoms. The summed E-state index contributed by atoms with van der Waals surface area (Å²) < 4.78 is 5.92. The summed E-state index contributed by atoms with van der Waals surface area (Å²) in [6, 6.07) is 5.78. The fraction of sp³-hybridized carbons (Fsp3) is 0.400. The van der Waals surface area contributed by atoms with Crippen LogP contribution in [0, 0.1) is 0 Å². The van der Waals surface area contributed by atoms with Gasteiger partial charge in [-0.05, 0) is 37.5 Å². The van der Waals surface area contributed by atoms with Crippen LogP contribution in [0.3, 0.4) is 0 Å². The first-order chi connectivity index (χ1) is 9.28. The van der Waals surface area contributed by atoms with E-state index in [0.29, 0.717) is 0 Å². The Morgan fingerprint density at radius 1 is 1.26 bits per heavy atom. The van der Waals surface area contributed by atoms with Gasteiger partial charge in [0.15, 0.2) is 0 Å². The molecule has 3 rings (SSSR count). The van der Waals surface area contributed by atoms with Crippen LogP contribution in [0.1, 0.15) is 30.6 Å². The summed E-state index contributed by atoms with van der Waals surface area (Å²) in [7, 11) is 0. The normalized spacial score (nSPS) is 15.0. The predicted molar refractivity (Wildman–Crippen MR) is 75.2 cm³/mol. The lowest BCUT2D eigenvalue weighted by molar-refractivity contribution is -0.114. The lowest BCUT2D eigenvalue weighted by Gasteiger charge is -2.03. The van der Waals surface area contributed by atoms with Crippen molar-refractivity contribution in [3.05, 3.63) is 29.5 Å². The minimum Gasteiger partial charge on any atom is -0.461 e. The molecule has 1 aromatic carbocycles. The molecule has 1 aliphatic rings. The monoisotopic (exact) mass is 258 g/mol. The molecule has 1 amide bonds. The minimum absolute atomic E-state index is 0.00152. The summed E-state index contributed by atoms with van der Waals surface area (Å²) in [5, 5.41) is 3.92. The van der Waals surface area contributed by atoms with Crippen molar-refractivity contribution in [2.24, 2.45) is 5.73 Å². The Hall–Kier alpha value is -1.81. The number of nitrogens with one attached hydrogen (secondary N) is 1. The van der Waals surface area contributed by atoms with E-state index in [0.717, 1.165) is 35.3 Å². The van der Waals surface area contributed by atoms with Crippen molar-refractivity contribution < 1.29 is 9.21 Å². The van der Waals surface area contributed by atoms with Gasteiger partial charge in [-0.3, -0.25) is 4.79 Å². The third-order valence-electron chi connectivity index (χ3n) is 3.67. The van der Waals surface area contributed by atoms with Gasteiger partial charge in [0.25, 0.3) is 0 Å². The van der Waals surface area contributed by atoms with Crippen LogP contribution in [0.15, 0.2) is 22.6 Å². The average Bonchev–Trinajstić information content (AvgIpc) is 2.60.